The maximum Gasteiger partial charge on any atom is 0.194 e. The van der Waals surface area contributed by atoms with E-state index in [1.165, 1.54) is 0 Å². The van der Waals surface area contributed by atoms with Gasteiger partial charge in [0.15, 0.2) is 5.78 Å². The number of hydrogen-bond donors (Lipinski definition) is 0. The molecule has 3 rings (SSSR count). The van der Waals surface area contributed by atoms with E-state index in [4.69, 9.17) is 9.47 Å². The third-order valence-electron chi connectivity index (χ3n) is 5.25. The zero-order valence-electron chi connectivity index (χ0n) is 19.3. The third-order valence-corrected chi connectivity index (χ3v) is 5.25. The lowest BCUT2D eigenvalue weighted by atomic mass is 10.1. The van der Waals surface area contributed by atoms with Gasteiger partial charge in [0.2, 0.25) is 0 Å². The summed E-state index contributed by atoms with van der Waals surface area (Å²) in [5, 5.41) is 0. The highest BCUT2D eigenvalue weighted by molar-refractivity contribution is 6.22. The molecule has 0 bridgehead atoms. The number of ether oxygens (including phenoxy) is 2. The highest BCUT2D eigenvalue weighted by Crippen LogP contribution is 2.40. The smallest absolute Gasteiger partial charge is 0.194 e. The SMILES string of the molecule is C[N+](C)(C)CCCOc1ccc2c(c1)C(=O)c1ccc(OCCC[N+](C)(C)C)cc1-2. The van der Waals surface area contributed by atoms with Crippen molar-refractivity contribution in [3.05, 3.63) is 47.5 Å². The predicted octanol–water partition coefficient (Wildman–Crippen LogP) is 3.85. The topological polar surface area (TPSA) is 35.5 Å². The number of nitrogens with zero attached hydrogens (tertiary/aromatic N) is 2. The fraction of sp³-hybridized carbons (Fsp3) is 0.480. The number of ketones is 1. The fourth-order valence-electron chi connectivity index (χ4n) is 3.67. The van der Waals surface area contributed by atoms with E-state index in [2.05, 4.69) is 42.3 Å². The van der Waals surface area contributed by atoms with Gasteiger partial charge < -0.3 is 18.4 Å². The van der Waals surface area contributed by atoms with Crippen molar-refractivity contribution in [3.63, 3.8) is 0 Å². The molecule has 2 aromatic rings. The first-order valence-electron chi connectivity index (χ1n) is 10.7. The van der Waals surface area contributed by atoms with Gasteiger partial charge in [-0.3, -0.25) is 4.79 Å². The molecule has 0 saturated heterocycles. The number of carbonyl (C=O) groups excluding carboxylic acids is 1. The molecule has 5 heteroatoms. The van der Waals surface area contributed by atoms with Crippen LogP contribution in [0.4, 0.5) is 0 Å². The second-order valence-corrected chi connectivity index (χ2v) is 10.2. The minimum absolute atomic E-state index is 0.0633. The van der Waals surface area contributed by atoms with Gasteiger partial charge in [0.05, 0.1) is 68.6 Å². The van der Waals surface area contributed by atoms with Crippen LogP contribution in [-0.4, -0.2) is 83.3 Å². The second kappa shape index (κ2) is 8.78. The molecule has 1 aliphatic carbocycles. The molecule has 0 unspecified atom stereocenters. The van der Waals surface area contributed by atoms with E-state index in [1.54, 1.807) is 0 Å². The number of quaternary nitrogens is 2. The molecule has 0 radical (unpaired) electrons. The average Bonchev–Trinajstić information content (AvgIpc) is 2.93. The van der Waals surface area contributed by atoms with Crippen molar-refractivity contribution in [3.8, 4) is 22.6 Å². The fourth-order valence-corrected chi connectivity index (χ4v) is 3.67. The van der Waals surface area contributed by atoms with Crippen LogP contribution in [-0.2, 0) is 0 Å². The van der Waals surface area contributed by atoms with Crippen molar-refractivity contribution < 1.29 is 23.2 Å². The van der Waals surface area contributed by atoms with Crippen molar-refractivity contribution in [2.24, 2.45) is 0 Å². The standard InChI is InChI=1S/C25H36N2O3/c1-26(2,3)13-7-15-29-19-10-12-22-23(17-19)21-11-9-20(18-24(21)25(22)28)30-16-8-14-27(4,5)6/h9-12,17-18H,7-8,13-16H2,1-6H3/q+2. The van der Waals surface area contributed by atoms with Crippen molar-refractivity contribution in [2.75, 3.05) is 68.6 Å². The molecule has 5 nitrogen and oxygen atoms in total. The first kappa shape index (κ1) is 22.3. The Balaban J connectivity index is 1.65. The lowest BCUT2D eigenvalue weighted by molar-refractivity contribution is -0.870. The highest BCUT2D eigenvalue weighted by atomic mass is 16.5. The quantitative estimate of drug-likeness (QED) is 0.375. The van der Waals surface area contributed by atoms with Crippen LogP contribution in [0.25, 0.3) is 11.1 Å². The van der Waals surface area contributed by atoms with Gasteiger partial charge >= 0.3 is 0 Å². The average molecular weight is 413 g/mol. The number of rotatable bonds is 10. The summed E-state index contributed by atoms with van der Waals surface area (Å²) in [5.41, 5.74) is 3.38. The minimum Gasteiger partial charge on any atom is -0.493 e. The Bertz CT molecular complexity index is 908. The van der Waals surface area contributed by atoms with E-state index in [9.17, 15) is 4.79 Å². The van der Waals surface area contributed by atoms with E-state index in [0.29, 0.717) is 13.2 Å². The van der Waals surface area contributed by atoms with Gasteiger partial charge in [0.25, 0.3) is 0 Å². The Kier molecular flexibility index (Phi) is 6.53. The van der Waals surface area contributed by atoms with Crippen LogP contribution in [0.3, 0.4) is 0 Å². The highest BCUT2D eigenvalue weighted by Gasteiger charge is 2.27. The van der Waals surface area contributed by atoms with Crippen LogP contribution < -0.4 is 9.47 Å². The summed E-state index contributed by atoms with van der Waals surface area (Å²) < 4.78 is 13.7. The lowest BCUT2D eigenvalue weighted by Crippen LogP contribution is -2.36. The molecule has 0 spiro atoms. The van der Waals surface area contributed by atoms with Crippen molar-refractivity contribution >= 4 is 5.78 Å². The van der Waals surface area contributed by atoms with Crippen LogP contribution in [0.2, 0.25) is 0 Å². The van der Waals surface area contributed by atoms with Crippen molar-refractivity contribution in [1.29, 1.82) is 0 Å². The molecule has 0 N–H and O–H groups in total. The van der Waals surface area contributed by atoms with Gasteiger partial charge in [-0.25, -0.2) is 0 Å². The molecule has 0 heterocycles. The minimum atomic E-state index is 0.0633. The summed E-state index contributed by atoms with van der Waals surface area (Å²) in [6.07, 6.45) is 1.97. The monoisotopic (exact) mass is 412 g/mol. The van der Waals surface area contributed by atoms with E-state index in [-0.39, 0.29) is 5.78 Å². The molecule has 162 valence electrons. The van der Waals surface area contributed by atoms with Gasteiger partial charge in [0, 0.05) is 24.0 Å². The Morgan fingerprint density at radius 3 is 1.60 bits per heavy atom. The molecule has 0 amide bonds. The summed E-state index contributed by atoms with van der Waals surface area (Å²) in [6.45, 7) is 3.44. The van der Waals surface area contributed by atoms with E-state index in [1.807, 2.05) is 36.4 Å². The molecule has 1 aliphatic rings. The Morgan fingerprint density at radius 1 is 0.633 bits per heavy atom. The van der Waals surface area contributed by atoms with E-state index in [0.717, 1.165) is 68.7 Å². The first-order chi connectivity index (χ1) is 14.0. The van der Waals surface area contributed by atoms with Gasteiger partial charge in [-0.2, -0.15) is 0 Å². The van der Waals surface area contributed by atoms with E-state index >= 15 is 0 Å². The van der Waals surface area contributed by atoms with Gasteiger partial charge in [-0.1, -0.05) is 0 Å². The van der Waals surface area contributed by atoms with Crippen molar-refractivity contribution in [1.82, 2.24) is 0 Å². The van der Waals surface area contributed by atoms with E-state index < -0.39 is 0 Å². The molecule has 30 heavy (non-hydrogen) atoms. The summed E-state index contributed by atoms with van der Waals surface area (Å²) >= 11 is 0. The molecule has 0 saturated carbocycles. The number of carbonyl (C=O) groups is 1. The van der Waals surface area contributed by atoms with Crippen LogP contribution >= 0.6 is 0 Å². The Hall–Kier alpha value is -2.37. The van der Waals surface area contributed by atoms with Crippen LogP contribution in [0.15, 0.2) is 36.4 Å². The first-order valence-corrected chi connectivity index (χ1v) is 10.7. The summed E-state index contributed by atoms with van der Waals surface area (Å²) in [5.74, 6) is 1.64. The molecule has 0 fully saturated rings. The maximum absolute atomic E-state index is 12.9. The maximum atomic E-state index is 12.9. The number of hydrogen-bond acceptors (Lipinski definition) is 3. The van der Waals surface area contributed by atoms with Crippen LogP contribution in [0, 0.1) is 0 Å². The predicted molar refractivity (Wildman–Crippen MR) is 121 cm³/mol. The molecular formula is C25H36N2O3+2. The van der Waals surface area contributed by atoms with Crippen LogP contribution in [0.5, 0.6) is 11.5 Å². The molecule has 0 atom stereocenters. The molecule has 0 aliphatic heterocycles. The van der Waals surface area contributed by atoms with Crippen molar-refractivity contribution in [2.45, 2.75) is 12.8 Å². The summed E-state index contributed by atoms with van der Waals surface area (Å²) in [7, 11) is 13.1. The second-order valence-electron chi connectivity index (χ2n) is 10.2. The normalized spacial score (nSPS) is 13.2. The zero-order valence-corrected chi connectivity index (χ0v) is 19.3. The van der Waals surface area contributed by atoms with Gasteiger partial charge in [0.1, 0.15) is 11.5 Å². The summed E-state index contributed by atoms with van der Waals surface area (Å²) in [6, 6.07) is 11.6. The lowest BCUT2D eigenvalue weighted by Gasteiger charge is -2.23. The summed E-state index contributed by atoms with van der Waals surface area (Å²) in [4.78, 5) is 12.9. The molecule has 0 aromatic heterocycles. The largest absolute Gasteiger partial charge is 0.493 e. The Morgan fingerprint density at radius 2 is 1.10 bits per heavy atom. The van der Waals surface area contributed by atoms with Gasteiger partial charge in [-0.15, -0.1) is 0 Å². The molecular weight excluding hydrogens is 376 g/mol. The number of benzene rings is 2. The third kappa shape index (κ3) is 5.83. The number of fused-ring (bicyclic) bond motifs is 3. The molecule has 2 aromatic carbocycles. The van der Waals surface area contributed by atoms with Crippen LogP contribution in [0.1, 0.15) is 28.8 Å². The van der Waals surface area contributed by atoms with Gasteiger partial charge in [-0.05, 0) is 47.5 Å². The Labute approximate surface area is 181 Å². The zero-order chi connectivity index (χ0) is 21.9.